The summed E-state index contributed by atoms with van der Waals surface area (Å²) in [5.41, 5.74) is 2.33. The van der Waals surface area contributed by atoms with Crippen molar-refractivity contribution in [3.8, 4) is 0 Å². The highest BCUT2D eigenvalue weighted by molar-refractivity contribution is 7.99. The van der Waals surface area contributed by atoms with Gasteiger partial charge in [0.1, 0.15) is 5.69 Å². The minimum atomic E-state index is -0.561. The Morgan fingerprint density at radius 3 is 2.55 bits per heavy atom. The number of amides is 1. The largest absolute Gasteiger partial charge is 0.465 e. The summed E-state index contributed by atoms with van der Waals surface area (Å²) in [6.45, 7) is 1.98. The number of thioether (sulfide) groups is 1. The first-order valence-electron chi connectivity index (χ1n) is 9.28. The molecule has 1 amide bonds. The molecule has 1 heterocycles. The zero-order valence-corrected chi connectivity index (χ0v) is 17.8. The second kappa shape index (κ2) is 9.90. The minimum absolute atomic E-state index is 0.0852. The number of carbonyl (C=O) groups excluding carboxylic acids is 2. The lowest BCUT2D eigenvalue weighted by atomic mass is 10.1. The van der Waals surface area contributed by atoms with Crippen LogP contribution in [-0.4, -0.2) is 39.6 Å². The van der Waals surface area contributed by atoms with E-state index in [4.69, 9.17) is 10.6 Å². The average molecular weight is 439 g/mol. The van der Waals surface area contributed by atoms with Gasteiger partial charge in [-0.15, -0.1) is 10.2 Å². The Morgan fingerprint density at radius 2 is 1.84 bits per heavy atom. The van der Waals surface area contributed by atoms with Gasteiger partial charge in [0.05, 0.1) is 24.1 Å². The van der Waals surface area contributed by atoms with Crippen LogP contribution in [0.25, 0.3) is 0 Å². The molecular formula is C21H21N5O4S. The fraction of sp³-hybridized carbons (Fsp3) is 0.190. The van der Waals surface area contributed by atoms with Crippen molar-refractivity contribution in [2.75, 3.05) is 24.0 Å². The van der Waals surface area contributed by atoms with E-state index in [1.54, 1.807) is 24.3 Å². The molecule has 0 atom stereocenters. The fourth-order valence-electron chi connectivity index (χ4n) is 2.73. The molecule has 0 unspecified atom stereocenters. The molecule has 0 aliphatic heterocycles. The SMILES string of the molecule is COC(=O)c1ccccc1NC(=O)CSc1nnc(Cc2ccc(C)cc2)c(=O)n1N. The summed E-state index contributed by atoms with van der Waals surface area (Å²) in [5.74, 6) is 4.82. The van der Waals surface area contributed by atoms with Gasteiger partial charge in [-0.2, -0.15) is 4.68 Å². The molecule has 3 N–H and O–H groups in total. The van der Waals surface area contributed by atoms with Crippen LogP contribution >= 0.6 is 11.8 Å². The van der Waals surface area contributed by atoms with E-state index in [-0.39, 0.29) is 22.2 Å². The van der Waals surface area contributed by atoms with Crippen LogP contribution in [0.2, 0.25) is 0 Å². The molecule has 9 nitrogen and oxygen atoms in total. The quantitative estimate of drug-likeness (QED) is 0.324. The van der Waals surface area contributed by atoms with Crippen molar-refractivity contribution < 1.29 is 14.3 Å². The maximum atomic E-state index is 12.5. The molecule has 0 radical (unpaired) electrons. The Bertz CT molecular complexity index is 1160. The molecule has 3 rings (SSSR count). The molecule has 0 aliphatic carbocycles. The van der Waals surface area contributed by atoms with Crippen molar-refractivity contribution in [3.63, 3.8) is 0 Å². The van der Waals surface area contributed by atoms with Crippen LogP contribution in [0.3, 0.4) is 0 Å². The number of nitrogens with zero attached hydrogens (tertiary/aromatic N) is 3. The Kier molecular flexibility index (Phi) is 7.03. The summed E-state index contributed by atoms with van der Waals surface area (Å²) in [7, 11) is 1.26. The number of nitrogens with one attached hydrogen (secondary N) is 1. The standard InChI is InChI=1S/C21H21N5O4S/c1-13-7-9-14(10-8-13)11-17-19(28)26(22)21(25-24-17)31-12-18(27)23-16-6-4-3-5-15(16)20(29)30-2/h3-10H,11-12,22H2,1-2H3,(H,23,27). The monoisotopic (exact) mass is 439 g/mol. The van der Waals surface area contributed by atoms with E-state index < -0.39 is 17.4 Å². The van der Waals surface area contributed by atoms with Crippen LogP contribution in [0, 0.1) is 6.92 Å². The van der Waals surface area contributed by atoms with Crippen LogP contribution in [0.5, 0.6) is 0 Å². The summed E-state index contributed by atoms with van der Waals surface area (Å²) >= 11 is 0.962. The average Bonchev–Trinajstić information content (AvgIpc) is 2.77. The molecular weight excluding hydrogens is 418 g/mol. The predicted molar refractivity (Wildman–Crippen MR) is 118 cm³/mol. The summed E-state index contributed by atoms with van der Waals surface area (Å²) < 4.78 is 5.59. The topological polar surface area (TPSA) is 129 Å². The minimum Gasteiger partial charge on any atom is -0.465 e. The van der Waals surface area contributed by atoms with Gasteiger partial charge in [0.2, 0.25) is 11.1 Å². The number of aryl methyl sites for hydroxylation is 1. The number of hydrogen-bond acceptors (Lipinski definition) is 8. The second-order valence-electron chi connectivity index (χ2n) is 6.64. The highest BCUT2D eigenvalue weighted by Crippen LogP contribution is 2.18. The van der Waals surface area contributed by atoms with Crippen molar-refractivity contribution in [3.05, 3.63) is 81.3 Å². The molecule has 0 saturated heterocycles. The summed E-state index contributed by atoms with van der Waals surface area (Å²) in [6, 6.07) is 14.2. The number of nitrogens with two attached hydrogens (primary N) is 1. The summed E-state index contributed by atoms with van der Waals surface area (Å²) in [5, 5.41) is 10.7. The zero-order chi connectivity index (χ0) is 22.4. The second-order valence-corrected chi connectivity index (χ2v) is 7.58. The van der Waals surface area contributed by atoms with Crippen LogP contribution in [0.4, 0.5) is 5.69 Å². The van der Waals surface area contributed by atoms with Crippen molar-refractivity contribution in [1.29, 1.82) is 0 Å². The van der Waals surface area contributed by atoms with Gasteiger partial charge in [0, 0.05) is 6.42 Å². The van der Waals surface area contributed by atoms with Gasteiger partial charge >= 0.3 is 5.97 Å². The van der Waals surface area contributed by atoms with E-state index in [1.807, 2.05) is 31.2 Å². The van der Waals surface area contributed by atoms with E-state index >= 15 is 0 Å². The Labute approximate surface area is 182 Å². The van der Waals surface area contributed by atoms with Crippen LogP contribution < -0.4 is 16.7 Å². The van der Waals surface area contributed by atoms with Gasteiger partial charge in [-0.3, -0.25) is 9.59 Å². The number of benzene rings is 2. The Morgan fingerprint density at radius 1 is 1.13 bits per heavy atom. The number of carbonyl (C=O) groups is 2. The van der Waals surface area contributed by atoms with Gasteiger partial charge in [-0.25, -0.2) is 4.79 Å². The van der Waals surface area contributed by atoms with Gasteiger partial charge in [0.25, 0.3) is 5.56 Å². The molecule has 0 aliphatic rings. The lowest BCUT2D eigenvalue weighted by molar-refractivity contribution is -0.113. The van der Waals surface area contributed by atoms with Crippen LogP contribution in [-0.2, 0) is 16.0 Å². The predicted octanol–water partition coefficient (Wildman–Crippen LogP) is 1.77. The highest BCUT2D eigenvalue weighted by atomic mass is 32.2. The zero-order valence-electron chi connectivity index (χ0n) is 17.0. The van der Waals surface area contributed by atoms with Crippen LogP contribution in [0.1, 0.15) is 27.2 Å². The van der Waals surface area contributed by atoms with E-state index in [9.17, 15) is 14.4 Å². The third kappa shape index (κ3) is 5.48. The van der Waals surface area contributed by atoms with E-state index in [2.05, 4.69) is 15.5 Å². The number of methoxy groups -OCH3 is 1. The molecule has 10 heteroatoms. The third-order valence-corrected chi connectivity index (χ3v) is 5.30. The Balaban J connectivity index is 1.66. The maximum absolute atomic E-state index is 12.5. The molecule has 3 aromatic rings. The number of para-hydroxylation sites is 1. The number of rotatable bonds is 7. The molecule has 0 bridgehead atoms. The van der Waals surface area contributed by atoms with E-state index in [1.165, 1.54) is 7.11 Å². The normalized spacial score (nSPS) is 10.5. The lowest BCUT2D eigenvalue weighted by Crippen LogP contribution is -2.34. The fourth-order valence-corrected chi connectivity index (χ4v) is 3.38. The maximum Gasteiger partial charge on any atom is 0.339 e. The first kappa shape index (κ1) is 22.0. The molecule has 31 heavy (non-hydrogen) atoms. The van der Waals surface area contributed by atoms with Crippen molar-refractivity contribution >= 4 is 29.3 Å². The number of ether oxygens (including phenoxy) is 1. The highest BCUT2D eigenvalue weighted by Gasteiger charge is 2.16. The van der Waals surface area contributed by atoms with Gasteiger partial charge < -0.3 is 15.9 Å². The molecule has 0 spiro atoms. The van der Waals surface area contributed by atoms with E-state index in [0.717, 1.165) is 27.6 Å². The molecule has 160 valence electrons. The first-order valence-corrected chi connectivity index (χ1v) is 10.3. The van der Waals surface area contributed by atoms with E-state index in [0.29, 0.717) is 12.1 Å². The van der Waals surface area contributed by atoms with Crippen molar-refractivity contribution in [1.82, 2.24) is 14.9 Å². The number of esters is 1. The van der Waals surface area contributed by atoms with Gasteiger partial charge in [-0.05, 0) is 24.6 Å². The summed E-state index contributed by atoms with van der Waals surface area (Å²) in [6.07, 6.45) is 0.305. The van der Waals surface area contributed by atoms with Gasteiger partial charge in [-0.1, -0.05) is 53.7 Å². The molecule has 1 aromatic heterocycles. The molecule has 0 fully saturated rings. The molecule has 0 saturated carbocycles. The summed E-state index contributed by atoms with van der Waals surface area (Å²) in [4.78, 5) is 36.6. The third-order valence-electron chi connectivity index (χ3n) is 4.36. The number of anilines is 1. The molecule has 2 aromatic carbocycles. The van der Waals surface area contributed by atoms with Crippen molar-refractivity contribution in [2.24, 2.45) is 0 Å². The number of aromatic nitrogens is 3. The smallest absolute Gasteiger partial charge is 0.339 e. The van der Waals surface area contributed by atoms with Gasteiger partial charge in [0.15, 0.2) is 0 Å². The van der Waals surface area contributed by atoms with Crippen LogP contribution in [0.15, 0.2) is 58.5 Å². The first-order chi connectivity index (χ1) is 14.9. The lowest BCUT2D eigenvalue weighted by Gasteiger charge is -2.10. The van der Waals surface area contributed by atoms with Crippen molar-refractivity contribution in [2.45, 2.75) is 18.5 Å². The number of hydrogen-bond donors (Lipinski definition) is 2. The Hall–Kier alpha value is -3.66. The number of nitrogen functional groups attached to an aromatic ring is 1.